The van der Waals surface area contributed by atoms with Crippen LogP contribution in [0.4, 0.5) is 11.4 Å². The van der Waals surface area contributed by atoms with Gasteiger partial charge in [0.25, 0.3) is 0 Å². The lowest BCUT2D eigenvalue weighted by molar-refractivity contribution is 0.0244. The second-order valence-corrected chi connectivity index (χ2v) is 9.02. The minimum atomic E-state index is -1.29. The average molecular weight is 508 g/mol. The number of ether oxygens (including phenoxy) is 2. The molecule has 2 aromatic carbocycles. The number of esters is 1. The Kier molecular flexibility index (Phi) is 7.74. The highest BCUT2D eigenvalue weighted by atomic mass is 35.5. The first kappa shape index (κ1) is 25.8. The van der Waals surface area contributed by atoms with Gasteiger partial charge in [-0.05, 0) is 65.0 Å². The molecule has 190 valence electrons. The normalized spacial score (nSPS) is 16.4. The van der Waals surface area contributed by atoms with E-state index in [1.165, 1.54) is 0 Å². The number of halogens is 1. The summed E-state index contributed by atoms with van der Waals surface area (Å²) >= 11 is 6.99. The number of anilines is 2. The van der Waals surface area contributed by atoms with Crippen LogP contribution in [0, 0.1) is 0 Å². The number of carbonyl (C=O) groups excluding carboxylic acids is 1. The SMILES string of the molecule is CCOc1cc(N(CC)CC)ccc1C1(c2ccc(N(CC)CC)cc2Cl)OC(=O)c2ccncc21. The maximum Gasteiger partial charge on any atom is 0.340 e. The predicted molar refractivity (Wildman–Crippen MR) is 146 cm³/mol. The molecule has 0 amide bonds. The van der Waals surface area contributed by atoms with E-state index in [0.717, 1.165) is 43.1 Å². The van der Waals surface area contributed by atoms with Gasteiger partial charge in [0.1, 0.15) is 5.75 Å². The van der Waals surface area contributed by atoms with Crippen molar-refractivity contribution in [2.75, 3.05) is 42.6 Å². The van der Waals surface area contributed by atoms with Crippen LogP contribution in [-0.2, 0) is 10.3 Å². The number of hydrogen-bond acceptors (Lipinski definition) is 6. The van der Waals surface area contributed by atoms with Crippen LogP contribution in [-0.4, -0.2) is 43.7 Å². The fourth-order valence-corrected chi connectivity index (χ4v) is 5.39. The maximum absolute atomic E-state index is 13.2. The van der Waals surface area contributed by atoms with E-state index in [-0.39, 0.29) is 0 Å². The number of pyridine rings is 1. The van der Waals surface area contributed by atoms with E-state index < -0.39 is 11.6 Å². The van der Waals surface area contributed by atoms with E-state index in [0.29, 0.717) is 34.1 Å². The van der Waals surface area contributed by atoms with Gasteiger partial charge in [-0.25, -0.2) is 4.79 Å². The molecule has 4 rings (SSSR count). The van der Waals surface area contributed by atoms with Crippen LogP contribution in [0.3, 0.4) is 0 Å². The molecule has 0 fully saturated rings. The molecule has 6 nitrogen and oxygen atoms in total. The zero-order valence-electron chi connectivity index (χ0n) is 21.7. The van der Waals surface area contributed by atoms with Gasteiger partial charge < -0.3 is 19.3 Å². The minimum Gasteiger partial charge on any atom is -0.493 e. The number of fused-ring (bicyclic) bond motifs is 1. The van der Waals surface area contributed by atoms with Crippen LogP contribution in [0.25, 0.3) is 0 Å². The standard InChI is InChI=1S/C29H34ClN3O3/c1-6-32(7-2)20-11-13-23(26(30)17-20)29(25-19-31-16-15-22(25)28(34)36-29)24-14-12-21(33(8-3)9-4)18-27(24)35-10-5/h11-19H,6-10H2,1-5H3. The van der Waals surface area contributed by atoms with Gasteiger partial charge in [-0.3, -0.25) is 4.98 Å². The predicted octanol–water partition coefficient (Wildman–Crippen LogP) is 6.29. The summed E-state index contributed by atoms with van der Waals surface area (Å²) in [4.78, 5) is 22.0. The molecule has 0 radical (unpaired) electrons. The Bertz CT molecular complexity index is 1240. The van der Waals surface area contributed by atoms with Crippen LogP contribution in [0.1, 0.15) is 61.7 Å². The number of rotatable bonds is 10. The third kappa shape index (κ3) is 4.28. The van der Waals surface area contributed by atoms with Gasteiger partial charge >= 0.3 is 5.97 Å². The van der Waals surface area contributed by atoms with Crippen LogP contribution in [0.15, 0.2) is 54.9 Å². The molecule has 0 bridgehead atoms. The molecule has 2 heterocycles. The molecule has 0 aliphatic carbocycles. The summed E-state index contributed by atoms with van der Waals surface area (Å²) in [6, 6.07) is 13.7. The maximum atomic E-state index is 13.2. The summed E-state index contributed by atoms with van der Waals surface area (Å²) in [5.74, 6) is 0.238. The van der Waals surface area contributed by atoms with Crippen molar-refractivity contribution in [3.8, 4) is 5.75 Å². The van der Waals surface area contributed by atoms with Gasteiger partial charge in [-0.15, -0.1) is 0 Å². The molecular weight excluding hydrogens is 474 g/mol. The highest BCUT2D eigenvalue weighted by Crippen LogP contribution is 2.52. The largest absolute Gasteiger partial charge is 0.493 e. The lowest BCUT2D eigenvalue weighted by Crippen LogP contribution is -2.31. The van der Waals surface area contributed by atoms with Gasteiger partial charge in [-0.2, -0.15) is 0 Å². The molecule has 0 saturated carbocycles. The monoisotopic (exact) mass is 507 g/mol. The first-order valence-corrected chi connectivity index (χ1v) is 13.1. The number of hydrogen-bond donors (Lipinski definition) is 0. The van der Waals surface area contributed by atoms with Crippen molar-refractivity contribution >= 4 is 28.9 Å². The van der Waals surface area contributed by atoms with E-state index >= 15 is 0 Å². The van der Waals surface area contributed by atoms with Crippen molar-refractivity contribution < 1.29 is 14.3 Å². The van der Waals surface area contributed by atoms with Crippen LogP contribution < -0.4 is 14.5 Å². The summed E-state index contributed by atoms with van der Waals surface area (Å²) in [7, 11) is 0. The zero-order chi connectivity index (χ0) is 25.9. The van der Waals surface area contributed by atoms with Gasteiger partial charge in [-0.1, -0.05) is 17.7 Å². The summed E-state index contributed by atoms with van der Waals surface area (Å²) < 4.78 is 12.5. The van der Waals surface area contributed by atoms with Gasteiger partial charge in [0.05, 0.1) is 17.2 Å². The Morgan fingerprint density at radius 1 is 0.861 bits per heavy atom. The number of aromatic nitrogens is 1. The average Bonchev–Trinajstić information content (AvgIpc) is 3.19. The Morgan fingerprint density at radius 2 is 1.47 bits per heavy atom. The molecular formula is C29H34ClN3O3. The second kappa shape index (κ2) is 10.8. The van der Waals surface area contributed by atoms with Crippen LogP contribution in [0.5, 0.6) is 5.75 Å². The van der Waals surface area contributed by atoms with E-state index in [4.69, 9.17) is 21.1 Å². The van der Waals surface area contributed by atoms with E-state index in [2.05, 4.69) is 42.5 Å². The number of cyclic esters (lactones) is 1. The Hall–Kier alpha value is -3.25. The topological polar surface area (TPSA) is 54.9 Å². The van der Waals surface area contributed by atoms with Crippen molar-refractivity contribution in [2.24, 2.45) is 0 Å². The summed E-state index contributed by atoms with van der Waals surface area (Å²) in [6.45, 7) is 14.3. The molecule has 0 N–H and O–H groups in total. The molecule has 0 spiro atoms. The summed E-state index contributed by atoms with van der Waals surface area (Å²) in [5.41, 5.74) is 3.30. The second-order valence-electron chi connectivity index (χ2n) is 8.61. The quantitative estimate of drug-likeness (QED) is 0.301. The van der Waals surface area contributed by atoms with E-state index in [1.807, 2.05) is 43.3 Å². The lowest BCUT2D eigenvalue weighted by atomic mass is 9.80. The van der Waals surface area contributed by atoms with Crippen LogP contribution >= 0.6 is 11.6 Å². The van der Waals surface area contributed by atoms with E-state index in [9.17, 15) is 4.79 Å². The number of nitrogens with zero attached hydrogens (tertiary/aromatic N) is 3. The van der Waals surface area contributed by atoms with Crippen molar-refractivity contribution in [1.82, 2.24) is 4.98 Å². The molecule has 3 aromatic rings. The van der Waals surface area contributed by atoms with E-state index in [1.54, 1.807) is 18.5 Å². The van der Waals surface area contributed by atoms with Crippen molar-refractivity contribution in [1.29, 1.82) is 0 Å². The zero-order valence-corrected chi connectivity index (χ0v) is 22.4. The Morgan fingerprint density at radius 3 is 2.06 bits per heavy atom. The fraction of sp³-hybridized carbons (Fsp3) is 0.379. The summed E-state index contributed by atoms with van der Waals surface area (Å²) in [6.07, 6.45) is 3.30. The minimum absolute atomic E-state index is 0.411. The molecule has 36 heavy (non-hydrogen) atoms. The third-order valence-corrected chi connectivity index (χ3v) is 7.21. The molecule has 1 aromatic heterocycles. The van der Waals surface area contributed by atoms with Crippen molar-refractivity contribution in [3.05, 3.63) is 82.1 Å². The molecule has 1 atom stereocenters. The van der Waals surface area contributed by atoms with Crippen molar-refractivity contribution in [3.63, 3.8) is 0 Å². The molecule has 1 unspecified atom stereocenters. The van der Waals surface area contributed by atoms with Crippen LogP contribution in [0.2, 0.25) is 5.02 Å². The summed E-state index contributed by atoms with van der Waals surface area (Å²) in [5, 5.41) is 0.513. The number of benzene rings is 2. The molecule has 7 heteroatoms. The molecule has 1 aliphatic rings. The Labute approximate surface area is 218 Å². The van der Waals surface area contributed by atoms with Crippen molar-refractivity contribution in [2.45, 2.75) is 40.2 Å². The highest BCUT2D eigenvalue weighted by Gasteiger charge is 2.51. The van der Waals surface area contributed by atoms with Gasteiger partial charge in [0.15, 0.2) is 5.60 Å². The number of carbonyl (C=O) groups is 1. The molecule has 1 aliphatic heterocycles. The fourth-order valence-electron chi connectivity index (χ4n) is 5.08. The first-order chi connectivity index (χ1) is 17.4. The highest BCUT2D eigenvalue weighted by molar-refractivity contribution is 6.32. The smallest absolute Gasteiger partial charge is 0.340 e. The Balaban J connectivity index is 2.00. The third-order valence-electron chi connectivity index (χ3n) is 6.90. The van der Waals surface area contributed by atoms with Gasteiger partial charge in [0.2, 0.25) is 0 Å². The molecule has 0 saturated heterocycles. The lowest BCUT2D eigenvalue weighted by Gasteiger charge is -2.33. The van der Waals surface area contributed by atoms with Gasteiger partial charge in [0, 0.05) is 72.7 Å². The first-order valence-electron chi connectivity index (χ1n) is 12.7.